The van der Waals surface area contributed by atoms with Crippen molar-refractivity contribution in [2.75, 3.05) is 12.5 Å². The van der Waals surface area contributed by atoms with Crippen LogP contribution in [0.1, 0.15) is 10.4 Å². The molecule has 1 aromatic rings. The molecule has 0 saturated heterocycles. The first-order valence-corrected chi connectivity index (χ1v) is 4.68. The minimum Gasteiger partial charge on any atom is -0.355 e. The Labute approximate surface area is 98.2 Å². The highest BCUT2D eigenvalue weighted by molar-refractivity contribution is 6.10. The molecular weight excluding hydrogens is 218 g/mol. The van der Waals surface area contributed by atoms with Gasteiger partial charge in [0.2, 0.25) is 5.71 Å². The summed E-state index contributed by atoms with van der Waals surface area (Å²) in [7, 11) is 1.51. The molecule has 0 fully saturated rings. The third-order valence-electron chi connectivity index (χ3n) is 1.90. The lowest BCUT2D eigenvalue weighted by molar-refractivity contribution is 0.0964. The number of benzene rings is 1. The standard InChI is InChI=1S/C11H9N5O/c1-14-11(17)9-4-2-3-5-10(9)16-15-8(6-12)7-13/h2-5,16H,1H3,(H,14,17). The van der Waals surface area contributed by atoms with Crippen molar-refractivity contribution in [1.82, 2.24) is 5.32 Å². The summed E-state index contributed by atoms with van der Waals surface area (Å²) in [5.41, 5.74) is 3.01. The van der Waals surface area contributed by atoms with E-state index in [9.17, 15) is 4.79 Å². The zero-order chi connectivity index (χ0) is 12.7. The van der Waals surface area contributed by atoms with Gasteiger partial charge >= 0.3 is 0 Å². The molecule has 0 atom stereocenters. The summed E-state index contributed by atoms with van der Waals surface area (Å²) in [4.78, 5) is 11.5. The van der Waals surface area contributed by atoms with Crippen molar-refractivity contribution in [3.8, 4) is 12.1 Å². The Balaban J connectivity index is 3.01. The number of hydrogen-bond acceptors (Lipinski definition) is 5. The van der Waals surface area contributed by atoms with E-state index in [0.29, 0.717) is 11.3 Å². The van der Waals surface area contributed by atoms with E-state index >= 15 is 0 Å². The molecule has 1 amide bonds. The van der Waals surface area contributed by atoms with E-state index in [-0.39, 0.29) is 11.6 Å². The minimum atomic E-state index is -0.309. The SMILES string of the molecule is CNC(=O)c1ccccc1NN=C(C#N)C#N. The fraction of sp³-hybridized carbons (Fsp3) is 0.0909. The zero-order valence-corrected chi connectivity index (χ0v) is 9.06. The van der Waals surface area contributed by atoms with E-state index < -0.39 is 0 Å². The maximum atomic E-state index is 11.5. The van der Waals surface area contributed by atoms with Gasteiger partial charge in [-0.3, -0.25) is 10.2 Å². The molecule has 0 aliphatic carbocycles. The monoisotopic (exact) mass is 227 g/mol. The van der Waals surface area contributed by atoms with Crippen molar-refractivity contribution in [3.63, 3.8) is 0 Å². The number of hydrazone groups is 1. The summed E-state index contributed by atoms with van der Waals surface area (Å²) < 4.78 is 0. The smallest absolute Gasteiger partial charge is 0.253 e. The molecule has 0 spiro atoms. The number of amides is 1. The quantitative estimate of drug-likeness (QED) is 0.590. The van der Waals surface area contributed by atoms with E-state index in [1.165, 1.54) is 7.05 Å². The molecular formula is C11H9N5O. The molecule has 0 saturated carbocycles. The average molecular weight is 227 g/mol. The highest BCUT2D eigenvalue weighted by atomic mass is 16.1. The molecule has 0 radical (unpaired) electrons. The molecule has 84 valence electrons. The molecule has 0 heterocycles. The van der Waals surface area contributed by atoms with Crippen molar-refractivity contribution in [3.05, 3.63) is 29.8 Å². The van der Waals surface area contributed by atoms with Crippen LogP contribution in [0.4, 0.5) is 5.69 Å². The van der Waals surface area contributed by atoms with Gasteiger partial charge < -0.3 is 5.32 Å². The van der Waals surface area contributed by atoms with Crippen LogP contribution in [-0.4, -0.2) is 18.7 Å². The van der Waals surface area contributed by atoms with Crippen molar-refractivity contribution >= 4 is 17.3 Å². The van der Waals surface area contributed by atoms with Crippen LogP contribution < -0.4 is 10.7 Å². The van der Waals surface area contributed by atoms with Gasteiger partial charge in [0.15, 0.2) is 0 Å². The van der Waals surface area contributed by atoms with Gasteiger partial charge in [-0.05, 0) is 12.1 Å². The molecule has 0 aromatic heterocycles. The van der Waals surface area contributed by atoms with Gasteiger partial charge in [0.05, 0.1) is 11.3 Å². The highest BCUT2D eigenvalue weighted by Gasteiger charge is 2.08. The molecule has 17 heavy (non-hydrogen) atoms. The van der Waals surface area contributed by atoms with Crippen LogP contribution in [0.2, 0.25) is 0 Å². The van der Waals surface area contributed by atoms with Gasteiger partial charge in [0.1, 0.15) is 12.1 Å². The first-order chi connectivity index (χ1) is 8.22. The molecule has 2 N–H and O–H groups in total. The number of nitrogens with one attached hydrogen (secondary N) is 2. The van der Waals surface area contributed by atoms with Gasteiger partial charge in [-0.1, -0.05) is 12.1 Å². The molecule has 6 heteroatoms. The van der Waals surface area contributed by atoms with Crippen molar-refractivity contribution < 1.29 is 4.79 Å². The van der Waals surface area contributed by atoms with E-state index in [0.717, 1.165) is 0 Å². The second kappa shape index (κ2) is 5.89. The van der Waals surface area contributed by atoms with Crippen LogP contribution in [-0.2, 0) is 0 Å². The summed E-state index contributed by atoms with van der Waals surface area (Å²) >= 11 is 0. The van der Waals surface area contributed by atoms with Crippen molar-refractivity contribution in [2.24, 2.45) is 5.10 Å². The molecule has 0 unspecified atom stereocenters. The lowest BCUT2D eigenvalue weighted by Gasteiger charge is -2.06. The summed E-state index contributed by atoms with van der Waals surface area (Å²) in [6, 6.07) is 9.87. The van der Waals surface area contributed by atoms with Gasteiger partial charge in [-0.15, -0.1) is 0 Å². The first kappa shape index (κ1) is 12.2. The van der Waals surface area contributed by atoms with Crippen LogP contribution in [0.5, 0.6) is 0 Å². The first-order valence-electron chi connectivity index (χ1n) is 4.68. The number of hydrogen-bond donors (Lipinski definition) is 2. The van der Waals surface area contributed by atoms with Gasteiger partial charge in [-0.2, -0.15) is 15.6 Å². The highest BCUT2D eigenvalue weighted by Crippen LogP contribution is 2.14. The number of carbonyl (C=O) groups is 1. The minimum absolute atomic E-state index is 0.279. The maximum Gasteiger partial charge on any atom is 0.253 e. The third kappa shape index (κ3) is 3.05. The van der Waals surface area contributed by atoms with E-state index in [1.807, 2.05) is 0 Å². The van der Waals surface area contributed by atoms with Crippen LogP contribution in [0.25, 0.3) is 0 Å². The number of nitrogens with zero attached hydrogens (tertiary/aromatic N) is 3. The van der Waals surface area contributed by atoms with Gasteiger partial charge in [-0.25, -0.2) is 0 Å². The summed E-state index contributed by atoms with van der Waals surface area (Å²) in [5.74, 6) is -0.279. The van der Waals surface area contributed by atoms with Gasteiger partial charge in [0, 0.05) is 7.05 Å². The normalized spacial score (nSPS) is 8.41. The fourth-order valence-corrected chi connectivity index (χ4v) is 1.10. The predicted molar refractivity (Wildman–Crippen MR) is 62.1 cm³/mol. The predicted octanol–water partition coefficient (Wildman–Crippen LogP) is 0.861. The van der Waals surface area contributed by atoms with E-state index in [1.54, 1.807) is 36.4 Å². The van der Waals surface area contributed by atoms with Gasteiger partial charge in [0.25, 0.3) is 5.91 Å². The number of rotatable bonds is 3. The molecule has 0 aliphatic rings. The Morgan fingerprint density at radius 3 is 2.53 bits per heavy atom. The fourth-order valence-electron chi connectivity index (χ4n) is 1.10. The second-order valence-corrected chi connectivity index (χ2v) is 2.92. The lowest BCUT2D eigenvalue weighted by Crippen LogP contribution is -2.19. The Hall–Kier alpha value is -2.86. The average Bonchev–Trinajstić information content (AvgIpc) is 2.39. The van der Waals surface area contributed by atoms with Crippen molar-refractivity contribution in [1.29, 1.82) is 10.5 Å². The maximum absolute atomic E-state index is 11.5. The summed E-state index contributed by atoms with van der Waals surface area (Å²) in [6.45, 7) is 0. The Morgan fingerprint density at radius 1 is 1.29 bits per heavy atom. The zero-order valence-electron chi connectivity index (χ0n) is 9.06. The van der Waals surface area contributed by atoms with E-state index in [2.05, 4.69) is 15.8 Å². The molecule has 0 bridgehead atoms. The molecule has 1 aromatic carbocycles. The largest absolute Gasteiger partial charge is 0.355 e. The van der Waals surface area contributed by atoms with E-state index in [4.69, 9.17) is 10.5 Å². The van der Waals surface area contributed by atoms with Crippen LogP contribution in [0.3, 0.4) is 0 Å². The lowest BCUT2D eigenvalue weighted by atomic mass is 10.1. The topological polar surface area (TPSA) is 101 Å². The third-order valence-corrected chi connectivity index (χ3v) is 1.90. The molecule has 1 rings (SSSR count). The Morgan fingerprint density at radius 2 is 1.94 bits per heavy atom. The van der Waals surface area contributed by atoms with Crippen LogP contribution in [0, 0.1) is 22.7 Å². The number of para-hydroxylation sites is 1. The van der Waals surface area contributed by atoms with Crippen LogP contribution in [0.15, 0.2) is 29.4 Å². The Kier molecular flexibility index (Phi) is 4.23. The Bertz CT molecular complexity index is 520. The summed E-state index contributed by atoms with van der Waals surface area (Å²) in [6.07, 6.45) is 0. The molecule has 6 nitrogen and oxygen atoms in total. The molecule has 0 aliphatic heterocycles. The number of carbonyl (C=O) groups excluding carboxylic acids is 1. The number of nitriles is 2. The summed E-state index contributed by atoms with van der Waals surface area (Å²) in [5, 5.41) is 23.1. The van der Waals surface area contributed by atoms with Crippen LogP contribution >= 0.6 is 0 Å². The van der Waals surface area contributed by atoms with Crippen molar-refractivity contribution in [2.45, 2.75) is 0 Å². The second-order valence-electron chi connectivity index (χ2n) is 2.92. The number of anilines is 1.